The van der Waals surface area contributed by atoms with Gasteiger partial charge in [-0.1, -0.05) is 11.6 Å². The van der Waals surface area contributed by atoms with Crippen LogP contribution in [0.3, 0.4) is 0 Å². The fourth-order valence-corrected chi connectivity index (χ4v) is 2.88. The standard InChI is InChI=1S/C18H21ClFN3O/c19-15-2-7-18(21-14-15)23-11-9-22(10-12-23)8-1-13-24-17-5-3-16(20)4-6-17/h2-7,14H,1,8-13H2. The van der Waals surface area contributed by atoms with Crippen molar-refractivity contribution in [1.82, 2.24) is 9.88 Å². The third kappa shape index (κ3) is 4.82. The van der Waals surface area contributed by atoms with E-state index in [-0.39, 0.29) is 5.82 Å². The number of nitrogens with zero attached hydrogens (tertiary/aromatic N) is 3. The van der Waals surface area contributed by atoms with E-state index in [1.807, 2.05) is 12.1 Å². The Bertz CT molecular complexity index is 628. The highest BCUT2D eigenvalue weighted by atomic mass is 35.5. The Morgan fingerprint density at radius 1 is 1.04 bits per heavy atom. The molecule has 0 radical (unpaired) electrons. The Kier molecular flexibility index (Phi) is 5.88. The molecule has 0 bridgehead atoms. The Morgan fingerprint density at radius 3 is 2.46 bits per heavy atom. The number of aromatic nitrogens is 1. The molecule has 1 aliphatic heterocycles. The number of rotatable bonds is 6. The molecule has 1 aliphatic rings. The average molecular weight is 350 g/mol. The molecule has 0 unspecified atom stereocenters. The summed E-state index contributed by atoms with van der Waals surface area (Å²) in [4.78, 5) is 9.08. The number of piperazine rings is 1. The number of hydrogen-bond donors (Lipinski definition) is 0. The number of hydrogen-bond acceptors (Lipinski definition) is 4. The van der Waals surface area contributed by atoms with Crippen LogP contribution in [0.2, 0.25) is 5.02 Å². The maximum Gasteiger partial charge on any atom is 0.128 e. The summed E-state index contributed by atoms with van der Waals surface area (Å²) in [6.07, 6.45) is 2.65. The van der Waals surface area contributed by atoms with Crippen LogP contribution < -0.4 is 9.64 Å². The van der Waals surface area contributed by atoms with Gasteiger partial charge in [0.1, 0.15) is 17.4 Å². The van der Waals surface area contributed by atoms with E-state index in [4.69, 9.17) is 16.3 Å². The van der Waals surface area contributed by atoms with Crippen molar-refractivity contribution in [1.29, 1.82) is 0 Å². The van der Waals surface area contributed by atoms with Crippen molar-refractivity contribution in [3.8, 4) is 5.75 Å². The van der Waals surface area contributed by atoms with Gasteiger partial charge in [-0.25, -0.2) is 9.37 Å². The van der Waals surface area contributed by atoms with Crippen LogP contribution in [0.15, 0.2) is 42.6 Å². The van der Waals surface area contributed by atoms with Crippen LogP contribution in [-0.4, -0.2) is 49.2 Å². The minimum atomic E-state index is -0.240. The molecule has 1 aromatic carbocycles. The van der Waals surface area contributed by atoms with E-state index in [1.165, 1.54) is 12.1 Å². The molecule has 1 aromatic heterocycles. The second kappa shape index (κ2) is 8.31. The number of pyridine rings is 1. The first-order valence-corrected chi connectivity index (χ1v) is 8.56. The van der Waals surface area contributed by atoms with Crippen LogP contribution in [0.25, 0.3) is 0 Å². The lowest BCUT2D eigenvalue weighted by atomic mass is 10.3. The summed E-state index contributed by atoms with van der Waals surface area (Å²) in [5.74, 6) is 1.46. The quantitative estimate of drug-likeness (QED) is 0.747. The molecule has 4 nitrogen and oxygen atoms in total. The van der Waals surface area contributed by atoms with E-state index in [9.17, 15) is 4.39 Å². The summed E-state index contributed by atoms with van der Waals surface area (Å²) >= 11 is 5.88. The van der Waals surface area contributed by atoms with Gasteiger partial charge in [0.2, 0.25) is 0 Å². The summed E-state index contributed by atoms with van der Waals surface area (Å²) in [5, 5.41) is 0.665. The van der Waals surface area contributed by atoms with Gasteiger partial charge in [-0.05, 0) is 42.8 Å². The lowest BCUT2D eigenvalue weighted by molar-refractivity contribution is 0.224. The molecule has 0 N–H and O–H groups in total. The molecule has 0 amide bonds. The maximum atomic E-state index is 12.8. The lowest BCUT2D eigenvalue weighted by Gasteiger charge is -2.35. The van der Waals surface area contributed by atoms with Crippen molar-refractivity contribution in [3.63, 3.8) is 0 Å². The Balaban J connectivity index is 1.35. The van der Waals surface area contributed by atoms with Gasteiger partial charge >= 0.3 is 0 Å². The first-order valence-electron chi connectivity index (χ1n) is 8.18. The second-order valence-electron chi connectivity index (χ2n) is 5.82. The molecule has 1 fully saturated rings. The molecule has 24 heavy (non-hydrogen) atoms. The Labute approximate surface area is 146 Å². The first kappa shape index (κ1) is 17.0. The van der Waals surface area contributed by atoms with Crippen LogP contribution in [0.1, 0.15) is 6.42 Å². The normalized spacial score (nSPS) is 15.5. The number of halogens is 2. The molecule has 6 heteroatoms. The summed E-state index contributed by atoms with van der Waals surface area (Å²) in [6.45, 7) is 5.61. The van der Waals surface area contributed by atoms with E-state index in [0.29, 0.717) is 11.6 Å². The van der Waals surface area contributed by atoms with Crippen LogP contribution >= 0.6 is 11.6 Å². The third-order valence-corrected chi connectivity index (χ3v) is 4.33. The molecular formula is C18H21ClFN3O. The number of benzene rings is 1. The van der Waals surface area contributed by atoms with Gasteiger partial charge in [-0.3, -0.25) is 4.90 Å². The summed E-state index contributed by atoms with van der Waals surface area (Å²) in [5.41, 5.74) is 0. The van der Waals surface area contributed by atoms with E-state index in [2.05, 4.69) is 14.8 Å². The average Bonchev–Trinajstić information content (AvgIpc) is 2.62. The fraction of sp³-hybridized carbons (Fsp3) is 0.389. The lowest BCUT2D eigenvalue weighted by Crippen LogP contribution is -2.47. The highest BCUT2D eigenvalue weighted by Crippen LogP contribution is 2.16. The zero-order valence-corrected chi connectivity index (χ0v) is 14.3. The van der Waals surface area contributed by atoms with Crippen molar-refractivity contribution in [2.24, 2.45) is 0 Å². The van der Waals surface area contributed by atoms with E-state index in [0.717, 1.165) is 50.7 Å². The van der Waals surface area contributed by atoms with Crippen molar-refractivity contribution in [2.75, 3.05) is 44.2 Å². The molecule has 0 atom stereocenters. The monoisotopic (exact) mass is 349 g/mol. The van der Waals surface area contributed by atoms with Gasteiger partial charge < -0.3 is 9.64 Å². The van der Waals surface area contributed by atoms with Crippen molar-refractivity contribution < 1.29 is 9.13 Å². The highest BCUT2D eigenvalue weighted by Gasteiger charge is 2.17. The molecule has 0 aliphatic carbocycles. The fourth-order valence-electron chi connectivity index (χ4n) is 2.76. The minimum Gasteiger partial charge on any atom is -0.494 e. The zero-order chi connectivity index (χ0) is 16.8. The van der Waals surface area contributed by atoms with Gasteiger partial charge in [0.05, 0.1) is 11.6 Å². The number of ether oxygens (including phenoxy) is 1. The molecule has 0 saturated carbocycles. The predicted octanol–water partition coefficient (Wildman–Crippen LogP) is 3.47. The van der Waals surface area contributed by atoms with Crippen LogP contribution in [-0.2, 0) is 0 Å². The Morgan fingerprint density at radius 2 is 1.79 bits per heavy atom. The molecule has 2 aromatic rings. The van der Waals surface area contributed by atoms with Gasteiger partial charge in [0, 0.05) is 38.9 Å². The second-order valence-corrected chi connectivity index (χ2v) is 6.26. The van der Waals surface area contributed by atoms with E-state index in [1.54, 1.807) is 18.3 Å². The predicted molar refractivity (Wildman–Crippen MR) is 94.4 cm³/mol. The summed E-state index contributed by atoms with van der Waals surface area (Å²) in [7, 11) is 0. The van der Waals surface area contributed by atoms with Crippen LogP contribution in [0.4, 0.5) is 10.2 Å². The van der Waals surface area contributed by atoms with Gasteiger partial charge in [0.25, 0.3) is 0 Å². The largest absolute Gasteiger partial charge is 0.494 e. The van der Waals surface area contributed by atoms with E-state index >= 15 is 0 Å². The minimum absolute atomic E-state index is 0.240. The SMILES string of the molecule is Fc1ccc(OCCCN2CCN(c3ccc(Cl)cn3)CC2)cc1. The smallest absolute Gasteiger partial charge is 0.128 e. The third-order valence-electron chi connectivity index (χ3n) is 4.11. The van der Waals surface area contributed by atoms with Gasteiger partial charge in [0.15, 0.2) is 0 Å². The molecule has 3 rings (SSSR count). The summed E-state index contributed by atoms with van der Waals surface area (Å²) in [6, 6.07) is 10.00. The van der Waals surface area contributed by atoms with Crippen LogP contribution in [0, 0.1) is 5.82 Å². The zero-order valence-electron chi connectivity index (χ0n) is 13.5. The van der Waals surface area contributed by atoms with Gasteiger partial charge in [-0.2, -0.15) is 0 Å². The van der Waals surface area contributed by atoms with Crippen molar-refractivity contribution in [3.05, 3.63) is 53.4 Å². The maximum absolute atomic E-state index is 12.8. The van der Waals surface area contributed by atoms with Crippen LogP contribution in [0.5, 0.6) is 5.75 Å². The first-order chi connectivity index (χ1) is 11.7. The Hall–Kier alpha value is -1.85. The van der Waals surface area contributed by atoms with Gasteiger partial charge in [-0.15, -0.1) is 0 Å². The topological polar surface area (TPSA) is 28.6 Å². The molecule has 2 heterocycles. The van der Waals surface area contributed by atoms with Crippen molar-refractivity contribution in [2.45, 2.75) is 6.42 Å². The van der Waals surface area contributed by atoms with E-state index < -0.39 is 0 Å². The molecule has 1 saturated heterocycles. The number of anilines is 1. The molecule has 0 spiro atoms. The molecular weight excluding hydrogens is 329 g/mol. The summed E-state index contributed by atoms with van der Waals surface area (Å²) < 4.78 is 18.4. The highest BCUT2D eigenvalue weighted by molar-refractivity contribution is 6.30. The molecule has 128 valence electrons. The van der Waals surface area contributed by atoms with Crippen molar-refractivity contribution >= 4 is 17.4 Å².